The van der Waals surface area contributed by atoms with Crippen LogP contribution in [0.25, 0.3) is 10.9 Å². The summed E-state index contributed by atoms with van der Waals surface area (Å²) in [6.45, 7) is 1.94. The van der Waals surface area contributed by atoms with Gasteiger partial charge in [-0.15, -0.1) is 0 Å². The van der Waals surface area contributed by atoms with Crippen molar-refractivity contribution in [3.63, 3.8) is 0 Å². The second-order valence-electron chi connectivity index (χ2n) is 4.02. The molecular formula is C13H14ClNO3. The maximum atomic E-state index is 11.6. The lowest BCUT2D eigenvalue weighted by Crippen LogP contribution is -2.00. The topological polar surface area (TPSA) is 51.5 Å². The molecule has 5 heteroatoms. The zero-order valence-electron chi connectivity index (χ0n) is 10.2. The van der Waals surface area contributed by atoms with Gasteiger partial charge < -0.3 is 14.4 Å². The van der Waals surface area contributed by atoms with Crippen molar-refractivity contribution in [2.75, 3.05) is 13.7 Å². The minimum atomic E-state index is -0.0268. The minimum Gasteiger partial charge on any atom is -0.495 e. The van der Waals surface area contributed by atoms with Gasteiger partial charge in [0.2, 0.25) is 0 Å². The standard InChI is InChI=1S/C13H14ClNO3/c1-8(17)10-7-15(3-4-16)12-6-11(14)13(18-2)5-9(10)12/h5-7,16H,3-4H2,1-2H3. The van der Waals surface area contributed by atoms with Crippen LogP contribution in [-0.4, -0.2) is 29.2 Å². The van der Waals surface area contributed by atoms with Crippen LogP contribution in [0.4, 0.5) is 0 Å². The number of halogens is 1. The molecule has 0 radical (unpaired) electrons. The Morgan fingerprint density at radius 3 is 2.78 bits per heavy atom. The molecule has 2 aromatic rings. The predicted octanol–water partition coefficient (Wildman–Crippen LogP) is 2.50. The Labute approximate surface area is 110 Å². The van der Waals surface area contributed by atoms with E-state index in [-0.39, 0.29) is 12.4 Å². The molecule has 0 atom stereocenters. The van der Waals surface area contributed by atoms with Crippen LogP contribution in [-0.2, 0) is 6.54 Å². The first kappa shape index (κ1) is 12.9. The van der Waals surface area contributed by atoms with Crippen molar-refractivity contribution in [2.24, 2.45) is 0 Å². The van der Waals surface area contributed by atoms with Gasteiger partial charge in [0, 0.05) is 23.7 Å². The number of carbonyl (C=O) groups excluding carboxylic acids is 1. The summed E-state index contributed by atoms with van der Waals surface area (Å²) in [4.78, 5) is 11.6. The molecule has 0 fully saturated rings. The third kappa shape index (κ3) is 2.09. The van der Waals surface area contributed by atoms with Crippen LogP contribution in [0.3, 0.4) is 0 Å². The van der Waals surface area contributed by atoms with Gasteiger partial charge in [-0.3, -0.25) is 4.79 Å². The van der Waals surface area contributed by atoms with Gasteiger partial charge in [-0.2, -0.15) is 0 Å². The fourth-order valence-corrected chi connectivity index (χ4v) is 2.26. The number of ether oxygens (including phenoxy) is 1. The van der Waals surface area contributed by atoms with E-state index < -0.39 is 0 Å². The molecule has 4 nitrogen and oxygen atoms in total. The number of Topliss-reactive ketones (excluding diaryl/α,β-unsaturated/α-hetero) is 1. The minimum absolute atomic E-state index is 0.00474. The van der Waals surface area contributed by atoms with Crippen LogP contribution in [0.15, 0.2) is 18.3 Å². The summed E-state index contributed by atoms with van der Waals surface area (Å²) in [6, 6.07) is 3.50. The number of hydrogen-bond acceptors (Lipinski definition) is 3. The number of ketones is 1. The Balaban J connectivity index is 2.74. The van der Waals surface area contributed by atoms with Crippen LogP contribution < -0.4 is 4.74 Å². The Kier molecular flexibility index (Phi) is 3.59. The maximum absolute atomic E-state index is 11.6. The number of rotatable bonds is 4. The average Bonchev–Trinajstić information content (AvgIpc) is 2.67. The molecule has 96 valence electrons. The fraction of sp³-hybridized carbons (Fsp3) is 0.308. The van der Waals surface area contributed by atoms with Crippen LogP contribution >= 0.6 is 11.6 Å². The lowest BCUT2D eigenvalue weighted by atomic mass is 10.1. The van der Waals surface area contributed by atoms with Gasteiger partial charge in [0.1, 0.15) is 5.75 Å². The van der Waals surface area contributed by atoms with Gasteiger partial charge in [0.05, 0.1) is 24.3 Å². The van der Waals surface area contributed by atoms with Gasteiger partial charge in [-0.25, -0.2) is 0 Å². The van der Waals surface area contributed by atoms with E-state index in [4.69, 9.17) is 21.4 Å². The summed E-state index contributed by atoms with van der Waals surface area (Å²) in [5, 5.41) is 10.3. The molecule has 1 aromatic heterocycles. The van der Waals surface area contributed by atoms with Crippen molar-refractivity contribution in [3.8, 4) is 5.75 Å². The molecule has 1 N–H and O–H groups in total. The Morgan fingerprint density at radius 1 is 1.50 bits per heavy atom. The molecule has 0 saturated heterocycles. The van der Waals surface area contributed by atoms with E-state index in [1.165, 1.54) is 14.0 Å². The zero-order valence-corrected chi connectivity index (χ0v) is 11.0. The summed E-state index contributed by atoms with van der Waals surface area (Å²) in [5.41, 5.74) is 1.42. The van der Waals surface area contributed by atoms with E-state index >= 15 is 0 Å². The number of carbonyl (C=O) groups is 1. The van der Waals surface area contributed by atoms with E-state index in [1.807, 2.05) is 4.57 Å². The summed E-state index contributed by atoms with van der Waals surface area (Å²) >= 11 is 6.08. The SMILES string of the molecule is COc1cc2c(C(C)=O)cn(CCO)c2cc1Cl. The van der Waals surface area contributed by atoms with Crippen molar-refractivity contribution in [2.45, 2.75) is 13.5 Å². The van der Waals surface area contributed by atoms with E-state index in [9.17, 15) is 4.79 Å². The van der Waals surface area contributed by atoms with Crippen LogP contribution in [0.1, 0.15) is 17.3 Å². The number of nitrogens with zero attached hydrogens (tertiary/aromatic N) is 1. The van der Waals surface area contributed by atoms with E-state index in [1.54, 1.807) is 18.3 Å². The summed E-state index contributed by atoms with van der Waals surface area (Å²) in [5.74, 6) is 0.509. The van der Waals surface area contributed by atoms with Gasteiger partial charge in [0.15, 0.2) is 5.78 Å². The molecule has 0 aliphatic rings. The van der Waals surface area contributed by atoms with Crippen molar-refractivity contribution in [1.29, 1.82) is 0 Å². The van der Waals surface area contributed by atoms with Gasteiger partial charge in [0.25, 0.3) is 0 Å². The Hall–Kier alpha value is -1.52. The second kappa shape index (κ2) is 5.00. The molecule has 1 heterocycles. The first-order valence-electron chi connectivity index (χ1n) is 5.56. The van der Waals surface area contributed by atoms with Crippen molar-refractivity contribution in [1.82, 2.24) is 4.57 Å². The normalized spacial score (nSPS) is 10.9. The second-order valence-corrected chi connectivity index (χ2v) is 4.43. The molecular weight excluding hydrogens is 254 g/mol. The molecule has 0 spiro atoms. The number of aromatic nitrogens is 1. The predicted molar refractivity (Wildman–Crippen MR) is 70.6 cm³/mol. The van der Waals surface area contributed by atoms with Crippen LogP contribution in [0.2, 0.25) is 5.02 Å². The number of aliphatic hydroxyl groups is 1. The zero-order chi connectivity index (χ0) is 13.3. The van der Waals surface area contributed by atoms with Crippen molar-refractivity contribution >= 4 is 28.3 Å². The number of benzene rings is 1. The van der Waals surface area contributed by atoms with Gasteiger partial charge in [-0.05, 0) is 19.1 Å². The van der Waals surface area contributed by atoms with Gasteiger partial charge >= 0.3 is 0 Å². The molecule has 0 unspecified atom stereocenters. The molecule has 0 aliphatic heterocycles. The molecule has 0 amide bonds. The third-order valence-corrected chi connectivity index (χ3v) is 3.17. The monoisotopic (exact) mass is 267 g/mol. The molecule has 0 aliphatic carbocycles. The Morgan fingerprint density at radius 2 is 2.22 bits per heavy atom. The smallest absolute Gasteiger partial charge is 0.161 e. The quantitative estimate of drug-likeness (QED) is 0.866. The first-order chi connectivity index (χ1) is 8.58. The van der Waals surface area contributed by atoms with Crippen molar-refractivity contribution < 1.29 is 14.6 Å². The summed E-state index contributed by atoms with van der Waals surface area (Å²) in [7, 11) is 1.53. The molecule has 2 rings (SSSR count). The lowest BCUT2D eigenvalue weighted by molar-refractivity contribution is 0.101. The van der Waals surface area contributed by atoms with Crippen LogP contribution in [0.5, 0.6) is 5.75 Å². The fourth-order valence-electron chi connectivity index (χ4n) is 2.02. The number of aliphatic hydroxyl groups excluding tert-OH is 1. The molecule has 18 heavy (non-hydrogen) atoms. The first-order valence-corrected chi connectivity index (χ1v) is 5.94. The highest BCUT2D eigenvalue weighted by molar-refractivity contribution is 6.33. The lowest BCUT2D eigenvalue weighted by Gasteiger charge is -2.06. The number of methoxy groups -OCH3 is 1. The highest BCUT2D eigenvalue weighted by Crippen LogP contribution is 2.32. The summed E-state index contributed by atoms with van der Waals surface area (Å²) < 4.78 is 6.97. The Bertz CT molecular complexity index is 604. The largest absolute Gasteiger partial charge is 0.495 e. The highest BCUT2D eigenvalue weighted by Gasteiger charge is 2.14. The average molecular weight is 268 g/mol. The number of hydrogen-bond donors (Lipinski definition) is 1. The van der Waals surface area contributed by atoms with E-state index in [0.717, 1.165) is 10.9 Å². The van der Waals surface area contributed by atoms with Gasteiger partial charge in [-0.1, -0.05) is 11.6 Å². The summed E-state index contributed by atoms with van der Waals surface area (Å²) in [6.07, 6.45) is 1.74. The van der Waals surface area contributed by atoms with E-state index in [2.05, 4.69) is 0 Å². The molecule has 0 bridgehead atoms. The third-order valence-electron chi connectivity index (χ3n) is 2.87. The van der Waals surface area contributed by atoms with Crippen molar-refractivity contribution in [3.05, 3.63) is 28.9 Å². The maximum Gasteiger partial charge on any atom is 0.161 e. The molecule has 1 aromatic carbocycles. The number of fused-ring (bicyclic) bond motifs is 1. The van der Waals surface area contributed by atoms with Crippen LogP contribution in [0, 0.1) is 0 Å². The molecule has 0 saturated carbocycles. The van der Waals surface area contributed by atoms with E-state index in [0.29, 0.717) is 22.9 Å². The highest BCUT2D eigenvalue weighted by atomic mass is 35.5.